The van der Waals surface area contributed by atoms with E-state index in [1.807, 2.05) is 12.1 Å². The first kappa shape index (κ1) is 11.8. The highest BCUT2D eigenvalue weighted by molar-refractivity contribution is 7.99. The Hall–Kier alpha value is -0.670. The van der Waals surface area contributed by atoms with Crippen molar-refractivity contribution in [2.45, 2.75) is 31.6 Å². The molecule has 0 fully saturated rings. The average Bonchev–Trinajstić information content (AvgIpc) is 2.72. The van der Waals surface area contributed by atoms with E-state index < -0.39 is 0 Å². The highest BCUT2D eigenvalue weighted by Crippen LogP contribution is 2.29. The maximum absolute atomic E-state index is 10.0. The van der Waals surface area contributed by atoms with Gasteiger partial charge in [-0.05, 0) is 28.5 Å². The fraction of sp³-hybridized carbons (Fsp3) is 0.538. The molecule has 1 N–H and O–H groups in total. The molecule has 16 heavy (non-hydrogen) atoms. The SMILES string of the molecule is CC(C)SCC(O)c1ccc2c(c1)CCO2. The van der Waals surface area contributed by atoms with Gasteiger partial charge >= 0.3 is 0 Å². The number of aliphatic hydroxyl groups excluding tert-OH is 1. The third-order valence-corrected chi connectivity index (χ3v) is 3.86. The summed E-state index contributed by atoms with van der Waals surface area (Å²) in [5, 5.41) is 10.6. The van der Waals surface area contributed by atoms with E-state index in [4.69, 9.17) is 4.74 Å². The molecular formula is C13H18O2S. The first-order valence-corrected chi connectivity index (χ1v) is 6.77. The fourth-order valence-electron chi connectivity index (χ4n) is 1.79. The summed E-state index contributed by atoms with van der Waals surface area (Å²) >= 11 is 1.79. The van der Waals surface area contributed by atoms with E-state index in [-0.39, 0.29) is 6.10 Å². The minimum absolute atomic E-state index is 0.363. The second-order valence-corrected chi connectivity index (χ2v) is 5.97. The van der Waals surface area contributed by atoms with Crippen LogP contribution in [0.4, 0.5) is 0 Å². The Morgan fingerprint density at radius 3 is 3.00 bits per heavy atom. The van der Waals surface area contributed by atoms with Crippen LogP contribution in [0, 0.1) is 0 Å². The van der Waals surface area contributed by atoms with Crippen LogP contribution >= 0.6 is 11.8 Å². The van der Waals surface area contributed by atoms with Crippen molar-refractivity contribution in [2.24, 2.45) is 0 Å². The zero-order valence-corrected chi connectivity index (χ0v) is 10.6. The van der Waals surface area contributed by atoms with Crippen LogP contribution in [0.15, 0.2) is 18.2 Å². The lowest BCUT2D eigenvalue weighted by atomic mass is 10.1. The van der Waals surface area contributed by atoms with E-state index in [0.29, 0.717) is 5.25 Å². The molecule has 0 amide bonds. The molecule has 0 spiro atoms. The maximum atomic E-state index is 10.0. The largest absolute Gasteiger partial charge is 0.493 e. The summed E-state index contributed by atoms with van der Waals surface area (Å²) in [6.07, 6.45) is 0.603. The zero-order chi connectivity index (χ0) is 11.5. The van der Waals surface area contributed by atoms with Gasteiger partial charge in [0.05, 0.1) is 12.7 Å². The number of rotatable bonds is 4. The molecule has 2 rings (SSSR count). The van der Waals surface area contributed by atoms with Gasteiger partial charge < -0.3 is 9.84 Å². The van der Waals surface area contributed by atoms with Gasteiger partial charge in [0.2, 0.25) is 0 Å². The second-order valence-electron chi connectivity index (χ2n) is 4.36. The number of hydrogen-bond donors (Lipinski definition) is 1. The van der Waals surface area contributed by atoms with Crippen molar-refractivity contribution in [3.05, 3.63) is 29.3 Å². The molecule has 1 atom stereocenters. The van der Waals surface area contributed by atoms with Crippen LogP contribution in [0.2, 0.25) is 0 Å². The van der Waals surface area contributed by atoms with E-state index in [1.54, 1.807) is 11.8 Å². The lowest BCUT2D eigenvalue weighted by Crippen LogP contribution is -2.03. The molecule has 1 unspecified atom stereocenters. The normalized spacial score (nSPS) is 16.0. The van der Waals surface area contributed by atoms with Crippen molar-refractivity contribution in [1.82, 2.24) is 0 Å². The highest BCUT2D eigenvalue weighted by Gasteiger charge is 2.15. The molecule has 0 bridgehead atoms. The molecule has 1 aromatic rings. The summed E-state index contributed by atoms with van der Waals surface area (Å²) in [7, 11) is 0. The molecule has 0 aliphatic carbocycles. The predicted octanol–water partition coefficient (Wildman–Crippen LogP) is 2.80. The van der Waals surface area contributed by atoms with Gasteiger partial charge in [-0.2, -0.15) is 11.8 Å². The summed E-state index contributed by atoms with van der Waals surface area (Å²) in [6, 6.07) is 6.02. The molecule has 88 valence electrons. The van der Waals surface area contributed by atoms with Crippen LogP contribution in [-0.4, -0.2) is 22.7 Å². The second kappa shape index (κ2) is 5.11. The number of fused-ring (bicyclic) bond motifs is 1. The van der Waals surface area contributed by atoms with Crippen LogP contribution in [0.5, 0.6) is 5.75 Å². The fourth-order valence-corrected chi connectivity index (χ4v) is 2.55. The van der Waals surface area contributed by atoms with Crippen LogP contribution < -0.4 is 4.74 Å². The Morgan fingerprint density at radius 1 is 1.44 bits per heavy atom. The molecule has 3 heteroatoms. The number of benzene rings is 1. The van der Waals surface area contributed by atoms with E-state index in [9.17, 15) is 5.11 Å². The van der Waals surface area contributed by atoms with Crippen molar-refractivity contribution in [3.8, 4) is 5.75 Å². The molecule has 0 aromatic heterocycles. The summed E-state index contributed by atoms with van der Waals surface area (Å²) in [5.74, 6) is 1.74. The van der Waals surface area contributed by atoms with Gasteiger partial charge in [0.15, 0.2) is 0 Å². The first-order chi connectivity index (χ1) is 7.66. The smallest absolute Gasteiger partial charge is 0.122 e. The van der Waals surface area contributed by atoms with Gasteiger partial charge in [-0.25, -0.2) is 0 Å². The van der Waals surface area contributed by atoms with Gasteiger partial charge in [0.1, 0.15) is 5.75 Å². The number of thioether (sulfide) groups is 1. The van der Waals surface area contributed by atoms with Crippen molar-refractivity contribution in [2.75, 3.05) is 12.4 Å². The maximum Gasteiger partial charge on any atom is 0.122 e. The minimum Gasteiger partial charge on any atom is -0.493 e. The van der Waals surface area contributed by atoms with Gasteiger partial charge in [-0.1, -0.05) is 19.9 Å². The van der Waals surface area contributed by atoms with Crippen LogP contribution in [0.25, 0.3) is 0 Å². The van der Waals surface area contributed by atoms with E-state index in [2.05, 4.69) is 19.9 Å². The lowest BCUT2D eigenvalue weighted by molar-refractivity contribution is 0.204. The van der Waals surface area contributed by atoms with E-state index in [1.165, 1.54) is 5.56 Å². The lowest BCUT2D eigenvalue weighted by Gasteiger charge is -2.13. The van der Waals surface area contributed by atoms with Gasteiger partial charge in [0.25, 0.3) is 0 Å². The average molecular weight is 238 g/mol. The van der Waals surface area contributed by atoms with Gasteiger partial charge in [0, 0.05) is 12.2 Å². The molecular weight excluding hydrogens is 220 g/mol. The van der Waals surface area contributed by atoms with Crippen LogP contribution in [-0.2, 0) is 6.42 Å². The van der Waals surface area contributed by atoms with Crippen molar-refractivity contribution < 1.29 is 9.84 Å². The summed E-state index contributed by atoms with van der Waals surface area (Å²) < 4.78 is 5.44. The molecule has 1 aromatic carbocycles. The predicted molar refractivity (Wildman–Crippen MR) is 68.2 cm³/mol. The molecule has 1 heterocycles. The molecule has 1 aliphatic heterocycles. The first-order valence-electron chi connectivity index (χ1n) is 5.72. The summed E-state index contributed by atoms with van der Waals surface area (Å²) in [5.41, 5.74) is 2.24. The molecule has 2 nitrogen and oxygen atoms in total. The van der Waals surface area contributed by atoms with Gasteiger partial charge in [-0.15, -0.1) is 0 Å². The molecule has 0 saturated heterocycles. The number of hydrogen-bond acceptors (Lipinski definition) is 3. The Kier molecular flexibility index (Phi) is 3.77. The Labute approximate surface area is 101 Å². The monoisotopic (exact) mass is 238 g/mol. The summed E-state index contributed by atoms with van der Waals surface area (Å²) in [6.45, 7) is 5.07. The van der Waals surface area contributed by atoms with E-state index in [0.717, 1.165) is 30.1 Å². The third kappa shape index (κ3) is 2.71. The molecule has 1 aliphatic rings. The number of ether oxygens (including phenoxy) is 1. The molecule has 0 saturated carbocycles. The number of aliphatic hydroxyl groups is 1. The zero-order valence-electron chi connectivity index (χ0n) is 9.77. The van der Waals surface area contributed by atoms with Crippen molar-refractivity contribution in [1.29, 1.82) is 0 Å². The quantitative estimate of drug-likeness (QED) is 0.874. The van der Waals surface area contributed by atoms with Gasteiger partial charge in [-0.3, -0.25) is 0 Å². The van der Waals surface area contributed by atoms with Crippen molar-refractivity contribution in [3.63, 3.8) is 0 Å². The summed E-state index contributed by atoms with van der Waals surface area (Å²) in [4.78, 5) is 0. The van der Waals surface area contributed by atoms with Crippen LogP contribution in [0.1, 0.15) is 31.1 Å². The highest BCUT2D eigenvalue weighted by atomic mass is 32.2. The Bertz CT molecular complexity index is 363. The van der Waals surface area contributed by atoms with Crippen LogP contribution in [0.3, 0.4) is 0 Å². The Balaban J connectivity index is 2.03. The van der Waals surface area contributed by atoms with Crippen molar-refractivity contribution >= 4 is 11.8 Å². The third-order valence-electron chi connectivity index (χ3n) is 2.69. The van der Waals surface area contributed by atoms with E-state index >= 15 is 0 Å². The standard InChI is InChI=1S/C13H18O2S/c1-9(2)16-8-12(14)10-3-4-13-11(7-10)5-6-15-13/h3-4,7,9,12,14H,5-6,8H2,1-2H3. The Morgan fingerprint density at radius 2 is 2.25 bits per heavy atom. The molecule has 0 radical (unpaired) electrons. The topological polar surface area (TPSA) is 29.5 Å². The minimum atomic E-state index is -0.363.